The quantitative estimate of drug-likeness (QED) is 0.591. The van der Waals surface area contributed by atoms with Gasteiger partial charge in [0.2, 0.25) is 0 Å². The highest BCUT2D eigenvalue weighted by Crippen LogP contribution is 2.30. The molecule has 0 fully saturated rings. The predicted molar refractivity (Wildman–Crippen MR) is 89.4 cm³/mol. The summed E-state index contributed by atoms with van der Waals surface area (Å²) in [6.45, 7) is 0.363. The van der Waals surface area contributed by atoms with E-state index in [1.807, 2.05) is 0 Å². The Morgan fingerprint density at radius 1 is 1.33 bits per heavy atom. The normalized spacial score (nSPS) is 11.8. The summed E-state index contributed by atoms with van der Waals surface area (Å²) in [4.78, 5) is 22.9. The summed E-state index contributed by atoms with van der Waals surface area (Å²) in [6.07, 6.45) is 2.18. The first-order chi connectivity index (χ1) is 9.81. The van der Waals surface area contributed by atoms with Gasteiger partial charge in [-0.3, -0.25) is 4.21 Å². The zero-order valence-corrected chi connectivity index (χ0v) is 15.1. The minimum Gasteiger partial charge on any atom is -0.478 e. The monoisotopic (exact) mass is 440 g/mol. The molecule has 0 spiro atoms. The first kappa shape index (κ1) is 18.1. The van der Waals surface area contributed by atoms with Gasteiger partial charge < -0.3 is 15.7 Å². The number of nitrogens with one attached hydrogen (secondary N) is 2. The molecule has 1 rings (SSSR count). The molecule has 0 saturated heterocycles. The third kappa shape index (κ3) is 6.15. The van der Waals surface area contributed by atoms with Crippen molar-refractivity contribution < 1.29 is 18.9 Å². The molecule has 9 heteroatoms. The molecule has 0 aliphatic rings. The second kappa shape index (κ2) is 8.50. The smallest absolute Gasteiger partial charge is 0.337 e. The molecule has 0 radical (unpaired) electrons. The van der Waals surface area contributed by atoms with E-state index in [0.717, 1.165) is 0 Å². The number of rotatable bonds is 6. The first-order valence-corrected chi connectivity index (χ1v) is 9.19. The molecule has 21 heavy (non-hydrogen) atoms. The number of halogens is 2. The van der Waals surface area contributed by atoms with Gasteiger partial charge in [-0.2, -0.15) is 0 Å². The average Bonchev–Trinajstić information content (AvgIpc) is 2.37. The maximum absolute atomic E-state index is 11.7. The van der Waals surface area contributed by atoms with Crippen molar-refractivity contribution in [3.8, 4) is 0 Å². The molecule has 1 unspecified atom stereocenters. The maximum Gasteiger partial charge on any atom is 0.337 e. The molecule has 0 aliphatic heterocycles. The number of carbonyl (C=O) groups is 2. The second-order valence-corrected chi connectivity index (χ2v) is 7.45. The molecule has 1 aromatic rings. The highest BCUT2D eigenvalue weighted by molar-refractivity contribution is 9.11. The SMILES string of the molecule is CS(=O)CCCNC(=O)Nc1c(Br)cc(Br)cc1C(=O)O. The van der Waals surface area contributed by atoms with E-state index in [1.165, 1.54) is 6.07 Å². The fourth-order valence-electron chi connectivity index (χ4n) is 1.50. The lowest BCUT2D eigenvalue weighted by Crippen LogP contribution is -2.31. The molecule has 0 bridgehead atoms. The van der Waals surface area contributed by atoms with Crippen LogP contribution in [0.25, 0.3) is 0 Å². The Morgan fingerprint density at radius 2 is 2.00 bits per heavy atom. The molecule has 0 heterocycles. The van der Waals surface area contributed by atoms with Crippen LogP contribution in [0.15, 0.2) is 21.1 Å². The minimum absolute atomic E-state index is 0.0268. The molecule has 1 aromatic carbocycles. The molecule has 0 aliphatic carbocycles. The fourth-order valence-corrected chi connectivity index (χ4v) is 3.38. The van der Waals surface area contributed by atoms with Gasteiger partial charge in [0.15, 0.2) is 0 Å². The lowest BCUT2D eigenvalue weighted by atomic mass is 10.2. The van der Waals surface area contributed by atoms with Gasteiger partial charge in [0, 0.05) is 38.3 Å². The number of carbonyl (C=O) groups excluding carboxylic acids is 1. The van der Waals surface area contributed by atoms with Crippen molar-refractivity contribution in [3.63, 3.8) is 0 Å². The van der Waals surface area contributed by atoms with Gasteiger partial charge in [-0.05, 0) is 34.5 Å². The summed E-state index contributed by atoms with van der Waals surface area (Å²) >= 11 is 6.42. The number of hydrogen-bond donors (Lipinski definition) is 3. The van der Waals surface area contributed by atoms with Crippen LogP contribution in [0, 0.1) is 0 Å². The number of benzene rings is 1. The largest absolute Gasteiger partial charge is 0.478 e. The summed E-state index contributed by atoms with van der Waals surface area (Å²) < 4.78 is 11.9. The van der Waals surface area contributed by atoms with E-state index in [9.17, 15) is 13.8 Å². The van der Waals surface area contributed by atoms with Crippen molar-refractivity contribution in [2.75, 3.05) is 23.9 Å². The van der Waals surface area contributed by atoms with Gasteiger partial charge in [-0.25, -0.2) is 9.59 Å². The van der Waals surface area contributed by atoms with Crippen LogP contribution in [0.5, 0.6) is 0 Å². The average molecular weight is 442 g/mol. The van der Waals surface area contributed by atoms with Gasteiger partial charge in [0.25, 0.3) is 0 Å². The van der Waals surface area contributed by atoms with Crippen molar-refractivity contribution in [1.82, 2.24) is 5.32 Å². The third-order valence-electron chi connectivity index (χ3n) is 2.42. The molecule has 0 aromatic heterocycles. The Kier molecular flexibility index (Phi) is 7.33. The Bertz CT molecular complexity index is 581. The van der Waals surface area contributed by atoms with Crippen molar-refractivity contribution in [2.45, 2.75) is 6.42 Å². The molecule has 0 saturated carbocycles. The highest BCUT2D eigenvalue weighted by atomic mass is 79.9. The number of aromatic carboxylic acids is 1. The van der Waals surface area contributed by atoms with E-state index in [0.29, 0.717) is 27.7 Å². The Morgan fingerprint density at radius 3 is 2.57 bits per heavy atom. The lowest BCUT2D eigenvalue weighted by molar-refractivity contribution is 0.0698. The van der Waals surface area contributed by atoms with Crippen LogP contribution < -0.4 is 10.6 Å². The van der Waals surface area contributed by atoms with E-state index in [4.69, 9.17) is 5.11 Å². The second-order valence-electron chi connectivity index (χ2n) is 4.13. The van der Waals surface area contributed by atoms with Gasteiger partial charge in [-0.1, -0.05) is 15.9 Å². The summed E-state index contributed by atoms with van der Waals surface area (Å²) in [5.41, 5.74) is 0.156. The molecule has 1 atom stereocenters. The van der Waals surface area contributed by atoms with E-state index in [2.05, 4.69) is 42.5 Å². The summed E-state index contributed by atoms with van der Waals surface area (Å²) in [5, 5.41) is 14.2. The zero-order chi connectivity index (χ0) is 16.0. The van der Waals surface area contributed by atoms with Crippen LogP contribution in [0.1, 0.15) is 16.8 Å². The number of amides is 2. The van der Waals surface area contributed by atoms with E-state index in [1.54, 1.807) is 12.3 Å². The van der Waals surface area contributed by atoms with Crippen molar-refractivity contribution >= 4 is 60.3 Å². The predicted octanol–water partition coefficient (Wildman–Crippen LogP) is 2.80. The molecular formula is C12H14Br2N2O4S. The van der Waals surface area contributed by atoms with E-state index >= 15 is 0 Å². The number of carboxylic acid groups (broad SMARTS) is 1. The molecule has 116 valence electrons. The molecule has 2 amide bonds. The molecule has 3 N–H and O–H groups in total. The van der Waals surface area contributed by atoms with Crippen LogP contribution in [0.2, 0.25) is 0 Å². The van der Waals surface area contributed by atoms with Crippen LogP contribution in [-0.4, -0.2) is 39.9 Å². The van der Waals surface area contributed by atoms with Crippen molar-refractivity contribution in [2.24, 2.45) is 0 Å². The summed E-state index contributed by atoms with van der Waals surface area (Å²) in [5.74, 6) is -0.642. The summed E-state index contributed by atoms with van der Waals surface area (Å²) in [7, 11) is -0.896. The third-order valence-corrected chi connectivity index (χ3v) is 4.36. The minimum atomic E-state index is -1.14. The van der Waals surface area contributed by atoms with E-state index in [-0.39, 0.29) is 11.3 Å². The van der Waals surface area contributed by atoms with Crippen molar-refractivity contribution in [3.05, 3.63) is 26.6 Å². The fraction of sp³-hybridized carbons (Fsp3) is 0.333. The van der Waals surface area contributed by atoms with Crippen LogP contribution in [-0.2, 0) is 10.8 Å². The number of anilines is 1. The van der Waals surface area contributed by atoms with Crippen LogP contribution in [0.4, 0.5) is 10.5 Å². The first-order valence-electron chi connectivity index (χ1n) is 5.88. The number of carboxylic acids is 1. The molecule has 6 nitrogen and oxygen atoms in total. The number of hydrogen-bond acceptors (Lipinski definition) is 3. The lowest BCUT2D eigenvalue weighted by Gasteiger charge is -2.12. The van der Waals surface area contributed by atoms with Gasteiger partial charge >= 0.3 is 12.0 Å². The molecular weight excluding hydrogens is 428 g/mol. The highest BCUT2D eigenvalue weighted by Gasteiger charge is 2.16. The Hall–Kier alpha value is -0.930. The Labute approximate surface area is 141 Å². The van der Waals surface area contributed by atoms with Crippen LogP contribution in [0.3, 0.4) is 0 Å². The maximum atomic E-state index is 11.7. The number of urea groups is 1. The van der Waals surface area contributed by atoms with E-state index < -0.39 is 22.8 Å². The van der Waals surface area contributed by atoms with Crippen LogP contribution >= 0.6 is 31.9 Å². The van der Waals surface area contributed by atoms with Crippen molar-refractivity contribution in [1.29, 1.82) is 0 Å². The summed E-state index contributed by atoms with van der Waals surface area (Å²) in [6, 6.07) is 2.54. The topological polar surface area (TPSA) is 95.5 Å². The van der Waals surface area contributed by atoms with Gasteiger partial charge in [0.05, 0.1) is 11.3 Å². The van der Waals surface area contributed by atoms with Gasteiger partial charge in [-0.15, -0.1) is 0 Å². The van der Waals surface area contributed by atoms with Gasteiger partial charge in [0.1, 0.15) is 0 Å². The Balaban J connectivity index is 2.72. The zero-order valence-electron chi connectivity index (χ0n) is 11.1. The standard InChI is InChI=1S/C12H14Br2N2O4S/c1-21(20)4-2-3-15-12(19)16-10-8(11(17)18)5-7(13)6-9(10)14/h5-6H,2-4H2,1H3,(H,17,18)(H2,15,16,19).